The zero-order valence-electron chi connectivity index (χ0n) is 10.8. The van der Waals surface area contributed by atoms with E-state index in [2.05, 4.69) is 51.9 Å². The van der Waals surface area contributed by atoms with E-state index in [9.17, 15) is 0 Å². The van der Waals surface area contributed by atoms with E-state index in [-0.39, 0.29) is 6.04 Å². The minimum absolute atomic E-state index is 0.232. The molecular formula is C13H15N5S. The lowest BCUT2D eigenvalue weighted by Crippen LogP contribution is -2.17. The summed E-state index contributed by atoms with van der Waals surface area (Å²) in [6.07, 6.45) is 5.28. The lowest BCUT2D eigenvalue weighted by molar-refractivity contribution is 0.552. The van der Waals surface area contributed by atoms with Crippen LogP contribution in [0.3, 0.4) is 0 Å². The standard InChI is InChI=1S/C13H15N5S/c1-9(2)11(10-4-3-7-19-10)16-12-13-17-15-8-18(13)6-5-14-12/h3-9,11H,1-2H3,(H,14,16). The lowest BCUT2D eigenvalue weighted by Gasteiger charge is -2.21. The van der Waals surface area contributed by atoms with Crippen molar-refractivity contribution in [2.45, 2.75) is 19.9 Å². The van der Waals surface area contributed by atoms with Gasteiger partial charge in [-0.05, 0) is 17.4 Å². The Morgan fingerprint density at radius 1 is 1.37 bits per heavy atom. The van der Waals surface area contributed by atoms with E-state index < -0.39 is 0 Å². The summed E-state index contributed by atoms with van der Waals surface area (Å²) in [5.41, 5.74) is 0.754. The molecule has 1 N–H and O–H groups in total. The Balaban J connectivity index is 1.96. The van der Waals surface area contributed by atoms with Crippen LogP contribution in [-0.2, 0) is 0 Å². The molecule has 5 nitrogen and oxygen atoms in total. The monoisotopic (exact) mass is 273 g/mol. The fraction of sp³-hybridized carbons (Fsp3) is 0.308. The zero-order chi connectivity index (χ0) is 13.2. The van der Waals surface area contributed by atoms with Crippen LogP contribution in [0.5, 0.6) is 0 Å². The molecule has 0 fully saturated rings. The third-order valence-corrected chi connectivity index (χ3v) is 3.98. The molecule has 3 aromatic heterocycles. The van der Waals surface area contributed by atoms with Gasteiger partial charge in [0.2, 0.25) is 5.65 Å². The van der Waals surface area contributed by atoms with E-state index in [0.717, 1.165) is 11.5 Å². The minimum atomic E-state index is 0.232. The molecule has 6 heteroatoms. The van der Waals surface area contributed by atoms with E-state index >= 15 is 0 Å². The van der Waals surface area contributed by atoms with Gasteiger partial charge in [0.15, 0.2) is 5.82 Å². The highest BCUT2D eigenvalue weighted by Gasteiger charge is 2.18. The van der Waals surface area contributed by atoms with Crippen LogP contribution < -0.4 is 5.32 Å². The van der Waals surface area contributed by atoms with Crippen molar-refractivity contribution in [1.29, 1.82) is 0 Å². The van der Waals surface area contributed by atoms with Gasteiger partial charge in [-0.3, -0.25) is 4.40 Å². The van der Waals surface area contributed by atoms with Crippen molar-refractivity contribution >= 4 is 22.8 Å². The number of thiophene rings is 1. The minimum Gasteiger partial charge on any atom is -0.359 e. The summed E-state index contributed by atoms with van der Waals surface area (Å²) in [5.74, 6) is 1.23. The SMILES string of the molecule is CC(C)C(Nc1nccn2cnnc12)c1cccs1. The van der Waals surface area contributed by atoms with E-state index in [0.29, 0.717) is 5.92 Å². The van der Waals surface area contributed by atoms with Crippen molar-refractivity contribution in [2.24, 2.45) is 5.92 Å². The Morgan fingerprint density at radius 3 is 3.00 bits per heavy atom. The molecule has 1 atom stereocenters. The van der Waals surface area contributed by atoms with Crippen LogP contribution in [0, 0.1) is 5.92 Å². The molecule has 19 heavy (non-hydrogen) atoms. The number of aromatic nitrogens is 4. The molecule has 0 bridgehead atoms. The van der Waals surface area contributed by atoms with Gasteiger partial charge in [0.25, 0.3) is 0 Å². The average molecular weight is 273 g/mol. The van der Waals surface area contributed by atoms with E-state index in [4.69, 9.17) is 0 Å². The first kappa shape index (κ1) is 12.1. The summed E-state index contributed by atoms with van der Waals surface area (Å²) in [4.78, 5) is 5.69. The van der Waals surface area contributed by atoms with E-state index in [1.165, 1.54) is 4.88 Å². The van der Waals surface area contributed by atoms with Crippen molar-refractivity contribution < 1.29 is 0 Å². The number of nitrogens with zero attached hydrogens (tertiary/aromatic N) is 4. The van der Waals surface area contributed by atoms with Crippen molar-refractivity contribution in [3.63, 3.8) is 0 Å². The Morgan fingerprint density at radius 2 is 2.26 bits per heavy atom. The Labute approximate surface area is 115 Å². The molecule has 0 aliphatic carbocycles. The zero-order valence-corrected chi connectivity index (χ0v) is 11.6. The summed E-state index contributed by atoms with van der Waals surface area (Å²) in [6.45, 7) is 4.39. The average Bonchev–Trinajstić information content (AvgIpc) is 3.06. The molecule has 98 valence electrons. The first-order chi connectivity index (χ1) is 9.25. The second-order valence-corrected chi connectivity index (χ2v) is 5.70. The molecule has 1 unspecified atom stereocenters. The molecule has 0 amide bonds. The van der Waals surface area contributed by atoms with Gasteiger partial charge in [-0.1, -0.05) is 19.9 Å². The smallest absolute Gasteiger partial charge is 0.203 e. The van der Waals surface area contributed by atoms with Gasteiger partial charge >= 0.3 is 0 Å². The highest BCUT2D eigenvalue weighted by atomic mass is 32.1. The van der Waals surface area contributed by atoms with Gasteiger partial charge in [-0.2, -0.15) is 0 Å². The Kier molecular flexibility index (Phi) is 3.16. The fourth-order valence-electron chi connectivity index (χ4n) is 2.04. The van der Waals surface area contributed by atoms with Crippen LogP contribution in [0.2, 0.25) is 0 Å². The molecule has 3 heterocycles. The number of hydrogen-bond acceptors (Lipinski definition) is 5. The summed E-state index contributed by atoms with van der Waals surface area (Å²) >= 11 is 1.75. The molecule has 0 aromatic carbocycles. The lowest BCUT2D eigenvalue weighted by atomic mass is 10.0. The van der Waals surface area contributed by atoms with Crippen LogP contribution >= 0.6 is 11.3 Å². The van der Waals surface area contributed by atoms with Crippen molar-refractivity contribution in [3.8, 4) is 0 Å². The molecular weight excluding hydrogens is 258 g/mol. The molecule has 0 radical (unpaired) electrons. The largest absolute Gasteiger partial charge is 0.359 e. The second kappa shape index (κ2) is 4.97. The van der Waals surface area contributed by atoms with Gasteiger partial charge in [-0.25, -0.2) is 4.98 Å². The number of hydrogen-bond donors (Lipinski definition) is 1. The molecule has 0 saturated heterocycles. The maximum absolute atomic E-state index is 4.38. The van der Waals surface area contributed by atoms with Gasteiger partial charge in [0.05, 0.1) is 6.04 Å². The number of fused-ring (bicyclic) bond motifs is 1. The third-order valence-electron chi connectivity index (χ3n) is 3.02. The van der Waals surface area contributed by atoms with E-state index in [1.807, 2.05) is 10.6 Å². The number of nitrogens with one attached hydrogen (secondary N) is 1. The molecule has 3 aromatic rings. The summed E-state index contributed by atoms with van der Waals surface area (Å²) in [7, 11) is 0. The highest BCUT2D eigenvalue weighted by molar-refractivity contribution is 7.10. The van der Waals surface area contributed by atoms with E-state index in [1.54, 1.807) is 23.9 Å². The van der Waals surface area contributed by atoms with Crippen LogP contribution in [0.25, 0.3) is 5.65 Å². The molecule has 3 rings (SSSR count). The maximum atomic E-state index is 4.38. The first-order valence-electron chi connectivity index (χ1n) is 6.20. The van der Waals surface area contributed by atoms with Crippen molar-refractivity contribution in [1.82, 2.24) is 19.6 Å². The first-order valence-corrected chi connectivity index (χ1v) is 7.08. The molecule has 0 saturated carbocycles. The quantitative estimate of drug-likeness (QED) is 0.794. The number of rotatable bonds is 4. The maximum Gasteiger partial charge on any atom is 0.203 e. The molecule has 0 aliphatic heterocycles. The predicted molar refractivity (Wildman–Crippen MR) is 76.3 cm³/mol. The van der Waals surface area contributed by atoms with Crippen molar-refractivity contribution in [2.75, 3.05) is 5.32 Å². The van der Waals surface area contributed by atoms with Crippen molar-refractivity contribution in [3.05, 3.63) is 41.1 Å². The molecule has 0 aliphatic rings. The Hall–Kier alpha value is -1.95. The normalized spacial score (nSPS) is 13.0. The third kappa shape index (κ3) is 2.31. The topological polar surface area (TPSA) is 55.1 Å². The van der Waals surface area contributed by atoms with Crippen LogP contribution in [0.15, 0.2) is 36.2 Å². The summed E-state index contributed by atoms with van der Waals surface area (Å²) < 4.78 is 1.86. The van der Waals surface area contributed by atoms with Gasteiger partial charge in [0, 0.05) is 17.3 Å². The van der Waals surface area contributed by atoms with Gasteiger partial charge in [-0.15, -0.1) is 21.5 Å². The van der Waals surface area contributed by atoms with Gasteiger partial charge in [0.1, 0.15) is 6.33 Å². The summed E-state index contributed by atoms with van der Waals surface area (Å²) in [5, 5.41) is 13.6. The number of anilines is 1. The second-order valence-electron chi connectivity index (χ2n) is 4.72. The van der Waals surface area contributed by atoms with Crippen LogP contribution in [0.1, 0.15) is 24.8 Å². The highest BCUT2D eigenvalue weighted by Crippen LogP contribution is 2.29. The molecule has 0 spiro atoms. The summed E-state index contributed by atoms with van der Waals surface area (Å²) in [6, 6.07) is 4.45. The Bertz CT molecular complexity index is 659. The predicted octanol–water partition coefficient (Wildman–Crippen LogP) is 3.00. The fourth-order valence-corrected chi connectivity index (χ4v) is 2.99. The van der Waals surface area contributed by atoms with Gasteiger partial charge < -0.3 is 5.32 Å². The van der Waals surface area contributed by atoms with Crippen LogP contribution in [0.4, 0.5) is 5.82 Å². The van der Waals surface area contributed by atoms with Crippen LogP contribution in [-0.4, -0.2) is 19.6 Å².